The van der Waals surface area contributed by atoms with E-state index < -0.39 is 21.5 Å². The molecular formula is C18H26FN3O3S. The van der Waals surface area contributed by atoms with Crippen molar-refractivity contribution in [1.29, 1.82) is 0 Å². The number of carbonyl (C=O) groups excluding carboxylic acids is 1. The lowest BCUT2D eigenvalue weighted by Gasteiger charge is -2.46. The van der Waals surface area contributed by atoms with E-state index in [2.05, 4.69) is 5.32 Å². The summed E-state index contributed by atoms with van der Waals surface area (Å²) < 4.78 is 40.1. The molecule has 0 aromatic heterocycles. The van der Waals surface area contributed by atoms with Crippen molar-refractivity contribution in [1.82, 2.24) is 14.5 Å². The van der Waals surface area contributed by atoms with Crippen molar-refractivity contribution in [2.75, 3.05) is 13.1 Å². The Morgan fingerprint density at radius 3 is 2.38 bits per heavy atom. The SMILES string of the molecule is CCC(C)N1C(=O)C(C)NC12CCN(S(=O)(=O)c1ccc(F)cc1)CC2. The van der Waals surface area contributed by atoms with Crippen LogP contribution in [0.25, 0.3) is 0 Å². The van der Waals surface area contributed by atoms with Gasteiger partial charge in [-0.25, -0.2) is 12.8 Å². The molecule has 0 bridgehead atoms. The Hall–Kier alpha value is -1.51. The average Bonchev–Trinajstić information content (AvgIpc) is 2.85. The summed E-state index contributed by atoms with van der Waals surface area (Å²) >= 11 is 0. The fourth-order valence-electron chi connectivity index (χ4n) is 4.01. The molecule has 1 aromatic rings. The van der Waals surface area contributed by atoms with Crippen molar-refractivity contribution in [3.05, 3.63) is 30.1 Å². The second kappa shape index (κ2) is 6.90. The predicted molar refractivity (Wildman–Crippen MR) is 96.3 cm³/mol. The lowest BCUT2D eigenvalue weighted by Crippen LogP contribution is -2.61. The van der Waals surface area contributed by atoms with Crippen molar-refractivity contribution < 1.29 is 17.6 Å². The first-order valence-electron chi connectivity index (χ1n) is 9.08. The van der Waals surface area contributed by atoms with E-state index in [1.54, 1.807) is 0 Å². The Morgan fingerprint density at radius 1 is 1.27 bits per heavy atom. The summed E-state index contributed by atoms with van der Waals surface area (Å²) in [6, 6.07) is 4.73. The molecule has 3 rings (SSSR count). The molecule has 1 amide bonds. The third-order valence-electron chi connectivity index (χ3n) is 5.59. The van der Waals surface area contributed by atoms with Crippen LogP contribution in [0.5, 0.6) is 0 Å². The van der Waals surface area contributed by atoms with Crippen molar-refractivity contribution in [2.24, 2.45) is 0 Å². The van der Waals surface area contributed by atoms with Crippen LogP contribution in [-0.2, 0) is 14.8 Å². The molecule has 2 heterocycles. The van der Waals surface area contributed by atoms with Gasteiger partial charge in [0, 0.05) is 19.1 Å². The van der Waals surface area contributed by atoms with Gasteiger partial charge in [0.05, 0.1) is 16.6 Å². The van der Waals surface area contributed by atoms with Crippen molar-refractivity contribution in [3.63, 3.8) is 0 Å². The quantitative estimate of drug-likeness (QED) is 0.863. The van der Waals surface area contributed by atoms with E-state index in [-0.39, 0.29) is 22.9 Å². The molecule has 0 radical (unpaired) electrons. The highest BCUT2D eigenvalue weighted by molar-refractivity contribution is 7.89. The summed E-state index contributed by atoms with van der Waals surface area (Å²) in [6.07, 6.45) is 1.92. The maximum atomic E-state index is 13.1. The van der Waals surface area contributed by atoms with Crippen LogP contribution in [0.3, 0.4) is 0 Å². The van der Waals surface area contributed by atoms with Crippen LogP contribution in [0, 0.1) is 5.82 Å². The van der Waals surface area contributed by atoms with Crippen LogP contribution < -0.4 is 5.32 Å². The molecule has 8 heteroatoms. The minimum Gasteiger partial charge on any atom is -0.320 e. The zero-order valence-corrected chi connectivity index (χ0v) is 16.2. The number of benzene rings is 1. The van der Waals surface area contributed by atoms with Gasteiger partial charge in [-0.2, -0.15) is 4.31 Å². The van der Waals surface area contributed by atoms with E-state index in [0.29, 0.717) is 25.9 Å². The second-order valence-corrected chi connectivity index (χ2v) is 9.16. The summed E-state index contributed by atoms with van der Waals surface area (Å²) in [5.74, 6) is -0.386. The lowest BCUT2D eigenvalue weighted by atomic mass is 9.95. The fourth-order valence-corrected chi connectivity index (χ4v) is 5.45. The fraction of sp³-hybridized carbons (Fsp3) is 0.611. The number of halogens is 1. The molecule has 144 valence electrons. The summed E-state index contributed by atoms with van der Waals surface area (Å²) in [5.41, 5.74) is -0.485. The number of piperidine rings is 1. The smallest absolute Gasteiger partial charge is 0.243 e. The number of hydrogen-bond acceptors (Lipinski definition) is 4. The van der Waals surface area contributed by atoms with Crippen LogP contribution in [0.2, 0.25) is 0 Å². The molecule has 6 nitrogen and oxygen atoms in total. The van der Waals surface area contributed by atoms with Crippen molar-refractivity contribution in [2.45, 2.75) is 62.7 Å². The summed E-state index contributed by atoms with van der Waals surface area (Å²) in [6.45, 7) is 6.57. The first-order chi connectivity index (χ1) is 12.2. The average molecular weight is 383 g/mol. The predicted octanol–water partition coefficient (Wildman–Crippen LogP) is 1.93. The molecule has 2 saturated heterocycles. The van der Waals surface area contributed by atoms with Gasteiger partial charge in [0.1, 0.15) is 5.82 Å². The molecule has 2 unspecified atom stereocenters. The largest absolute Gasteiger partial charge is 0.320 e. The molecule has 26 heavy (non-hydrogen) atoms. The van der Waals surface area contributed by atoms with E-state index in [0.717, 1.165) is 18.6 Å². The van der Waals surface area contributed by atoms with Crippen molar-refractivity contribution >= 4 is 15.9 Å². The monoisotopic (exact) mass is 383 g/mol. The number of carbonyl (C=O) groups is 1. The maximum absolute atomic E-state index is 13.1. The normalized spacial score (nSPS) is 25.0. The Morgan fingerprint density at radius 2 is 1.85 bits per heavy atom. The Balaban J connectivity index is 1.80. The molecule has 2 atom stereocenters. The van der Waals surface area contributed by atoms with Crippen LogP contribution in [0.15, 0.2) is 29.2 Å². The first kappa shape index (κ1) is 19.3. The van der Waals surface area contributed by atoms with E-state index >= 15 is 0 Å². The highest BCUT2D eigenvalue weighted by Crippen LogP contribution is 2.36. The highest BCUT2D eigenvalue weighted by Gasteiger charge is 2.52. The van der Waals surface area contributed by atoms with Gasteiger partial charge in [-0.1, -0.05) is 6.92 Å². The maximum Gasteiger partial charge on any atom is 0.243 e. The van der Waals surface area contributed by atoms with Gasteiger partial charge in [0.15, 0.2) is 0 Å². The van der Waals surface area contributed by atoms with Gasteiger partial charge < -0.3 is 4.90 Å². The van der Waals surface area contributed by atoms with Crippen molar-refractivity contribution in [3.8, 4) is 0 Å². The van der Waals surface area contributed by atoms with Gasteiger partial charge >= 0.3 is 0 Å². The van der Waals surface area contributed by atoms with Gasteiger partial charge in [0.2, 0.25) is 15.9 Å². The summed E-state index contributed by atoms with van der Waals surface area (Å²) in [4.78, 5) is 14.6. The topological polar surface area (TPSA) is 69.7 Å². The number of nitrogens with zero attached hydrogens (tertiary/aromatic N) is 2. The minimum absolute atomic E-state index is 0.0780. The molecule has 2 aliphatic rings. The number of rotatable bonds is 4. The number of nitrogens with one attached hydrogen (secondary N) is 1. The standard InChI is InChI=1S/C18H26FN3O3S/c1-4-13(2)22-17(23)14(3)20-18(22)9-11-21(12-10-18)26(24,25)16-7-5-15(19)6-8-16/h5-8,13-14,20H,4,9-12H2,1-3H3. The Kier molecular flexibility index (Phi) is 5.11. The molecule has 1 spiro atoms. The highest BCUT2D eigenvalue weighted by atomic mass is 32.2. The second-order valence-electron chi connectivity index (χ2n) is 7.22. The third kappa shape index (κ3) is 3.14. The first-order valence-corrected chi connectivity index (χ1v) is 10.5. The van der Waals surface area contributed by atoms with Gasteiger partial charge in [-0.05, 0) is 57.4 Å². The molecule has 2 fully saturated rings. The van der Waals surface area contributed by atoms with E-state index in [1.165, 1.54) is 16.4 Å². The minimum atomic E-state index is -3.66. The number of hydrogen-bond donors (Lipinski definition) is 1. The summed E-state index contributed by atoms with van der Waals surface area (Å²) in [5, 5.41) is 3.41. The van der Waals surface area contributed by atoms with Gasteiger partial charge in [0.25, 0.3) is 0 Å². The number of amides is 1. The zero-order chi connectivity index (χ0) is 19.1. The Bertz CT molecular complexity index is 773. The van der Waals surface area contributed by atoms with E-state index in [9.17, 15) is 17.6 Å². The van der Waals surface area contributed by atoms with E-state index in [1.807, 2.05) is 25.7 Å². The molecule has 2 aliphatic heterocycles. The van der Waals surface area contributed by atoms with Gasteiger partial charge in [-0.15, -0.1) is 0 Å². The van der Waals surface area contributed by atoms with Crippen LogP contribution in [-0.4, -0.2) is 54.4 Å². The van der Waals surface area contributed by atoms with Crippen LogP contribution in [0.4, 0.5) is 4.39 Å². The lowest BCUT2D eigenvalue weighted by molar-refractivity contribution is -0.135. The van der Waals surface area contributed by atoms with Crippen LogP contribution >= 0.6 is 0 Å². The van der Waals surface area contributed by atoms with E-state index in [4.69, 9.17) is 0 Å². The molecular weight excluding hydrogens is 357 g/mol. The molecule has 1 N–H and O–H groups in total. The van der Waals surface area contributed by atoms with Gasteiger partial charge in [-0.3, -0.25) is 10.1 Å². The molecule has 0 aliphatic carbocycles. The Labute approximate surface area is 154 Å². The summed E-state index contributed by atoms with van der Waals surface area (Å²) in [7, 11) is -3.66. The molecule has 0 saturated carbocycles. The number of sulfonamides is 1. The molecule has 1 aromatic carbocycles. The third-order valence-corrected chi connectivity index (χ3v) is 7.50. The van der Waals surface area contributed by atoms with Crippen LogP contribution in [0.1, 0.15) is 40.0 Å². The zero-order valence-electron chi connectivity index (χ0n) is 15.4.